The molecule has 74 valence electrons. The van der Waals surface area contributed by atoms with Crippen LogP contribution in [-0.4, -0.2) is 17.0 Å². The predicted molar refractivity (Wildman–Crippen MR) is 52.9 cm³/mol. The number of rotatable bonds is 1. The second-order valence-electron chi connectivity index (χ2n) is 3.52. The number of phenolic OH excluding ortho intramolecular Hbond substituents is 1. The number of aromatic hydroxyl groups is 1. The molecule has 4 nitrogen and oxygen atoms in total. The van der Waals surface area contributed by atoms with Gasteiger partial charge in [-0.1, -0.05) is 0 Å². The number of benzene rings is 1. The van der Waals surface area contributed by atoms with Gasteiger partial charge in [0.25, 0.3) is 0 Å². The number of nitrogens with one attached hydrogen (secondary N) is 1. The van der Waals surface area contributed by atoms with Gasteiger partial charge in [0.05, 0.1) is 5.56 Å². The lowest BCUT2D eigenvalue weighted by Crippen LogP contribution is -2.11. The van der Waals surface area contributed by atoms with Gasteiger partial charge in [-0.05, 0) is 19.1 Å². The normalized spacial score (nSPS) is 18.8. The number of phenols is 1. The van der Waals surface area contributed by atoms with E-state index in [9.17, 15) is 5.11 Å². The van der Waals surface area contributed by atoms with Gasteiger partial charge < -0.3 is 15.6 Å². The number of ether oxygens (including phenoxy) is 1. The predicted octanol–water partition coefficient (Wildman–Crippen LogP) is 1.000. The molecule has 4 N–H and O–H groups in total. The van der Waals surface area contributed by atoms with Crippen molar-refractivity contribution in [2.45, 2.75) is 19.4 Å². The van der Waals surface area contributed by atoms with Gasteiger partial charge in [-0.2, -0.15) is 0 Å². The van der Waals surface area contributed by atoms with E-state index in [1.165, 1.54) is 0 Å². The summed E-state index contributed by atoms with van der Waals surface area (Å²) in [6, 6.07) is 3.24. The first-order valence-electron chi connectivity index (χ1n) is 4.45. The number of amidine groups is 1. The molecule has 14 heavy (non-hydrogen) atoms. The topological polar surface area (TPSA) is 79.3 Å². The Morgan fingerprint density at radius 2 is 2.36 bits per heavy atom. The van der Waals surface area contributed by atoms with E-state index in [1.54, 1.807) is 12.1 Å². The standard InChI is InChI=1S/C10H12N2O2/c1-5-2-6-3-8(13)7(10(11)12)4-9(6)14-5/h3-5,13H,2H2,1H3,(H3,11,12). The van der Waals surface area contributed by atoms with Gasteiger partial charge in [0.15, 0.2) is 0 Å². The third kappa shape index (κ3) is 1.28. The highest BCUT2D eigenvalue weighted by Crippen LogP contribution is 2.34. The SMILES string of the molecule is CC1Cc2cc(O)c(C(=N)N)cc2O1. The molecule has 0 spiro atoms. The Balaban J connectivity index is 2.50. The first kappa shape index (κ1) is 8.87. The van der Waals surface area contributed by atoms with Crippen molar-refractivity contribution in [2.24, 2.45) is 5.73 Å². The van der Waals surface area contributed by atoms with Gasteiger partial charge in [0, 0.05) is 12.0 Å². The van der Waals surface area contributed by atoms with E-state index in [2.05, 4.69) is 0 Å². The summed E-state index contributed by atoms with van der Waals surface area (Å²) in [7, 11) is 0. The summed E-state index contributed by atoms with van der Waals surface area (Å²) in [5.41, 5.74) is 6.61. The quantitative estimate of drug-likeness (QED) is 0.458. The molecular weight excluding hydrogens is 180 g/mol. The molecule has 4 heteroatoms. The molecule has 1 atom stereocenters. The van der Waals surface area contributed by atoms with E-state index in [1.807, 2.05) is 6.92 Å². The summed E-state index contributed by atoms with van der Waals surface area (Å²) in [5.74, 6) is 0.628. The zero-order chi connectivity index (χ0) is 10.3. The third-order valence-corrected chi connectivity index (χ3v) is 2.30. The summed E-state index contributed by atoms with van der Waals surface area (Å²) in [6.45, 7) is 1.96. The van der Waals surface area contributed by atoms with Crippen LogP contribution in [-0.2, 0) is 6.42 Å². The maximum atomic E-state index is 9.55. The minimum atomic E-state index is -0.145. The van der Waals surface area contributed by atoms with Crippen molar-refractivity contribution in [1.82, 2.24) is 0 Å². The fourth-order valence-electron chi connectivity index (χ4n) is 1.66. The Labute approximate surface area is 81.8 Å². The average Bonchev–Trinajstić information content (AvgIpc) is 2.42. The molecule has 1 aromatic carbocycles. The lowest BCUT2D eigenvalue weighted by molar-refractivity contribution is 0.254. The number of hydrogen-bond acceptors (Lipinski definition) is 3. The Hall–Kier alpha value is -1.71. The molecule has 1 aliphatic rings. The summed E-state index contributed by atoms with van der Waals surface area (Å²) in [4.78, 5) is 0. The Bertz CT molecular complexity index is 401. The van der Waals surface area contributed by atoms with Gasteiger partial charge >= 0.3 is 0 Å². The van der Waals surface area contributed by atoms with Crippen molar-refractivity contribution in [3.8, 4) is 11.5 Å². The van der Waals surface area contributed by atoms with Crippen molar-refractivity contribution in [2.75, 3.05) is 0 Å². The summed E-state index contributed by atoms with van der Waals surface area (Å²) >= 11 is 0. The largest absolute Gasteiger partial charge is 0.507 e. The van der Waals surface area contributed by atoms with E-state index >= 15 is 0 Å². The van der Waals surface area contributed by atoms with E-state index in [0.717, 1.165) is 17.7 Å². The van der Waals surface area contributed by atoms with Gasteiger partial charge in [0.2, 0.25) is 0 Å². The van der Waals surface area contributed by atoms with Crippen LogP contribution in [0, 0.1) is 5.41 Å². The molecule has 0 aromatic heterocycles. The lowest BCUT2D eigenvalue weighted by atomic mass is 10.1. The zero-order valence-corrected chi connectivity index (χ0v) is 7.87. The van der Waals surface area contributed by atoms with Gasteiger partial charge in [0.1, 0.15) is 23.4 Å². The van der Waals surface area contributed by atoms with Crippen LogP contribution in [0.3, 0.4) is 0 Å². The Morgan fingerprint density at radius 1 is 1.64 bits per heavy atom. The maximum Gasteiger partial charge on any atom is 0.127 e. The van der Waals surface area contributed by atoms with E-state index < -0.39 is 0 Å². The third-order valence-electron chi connectivity index (χ3n) is 2.30. The highest BCUT2D eigenvalue weighted by molar-refractivity contribution is 5.98. The molecule has 1 heterocycles. The molecule has 1 aromatic rings. The fraction of sp³-hybridized carbons (Fsp3) is 0.300. The molecule has 0 amide bonds. The monoisotopic (exact) mass is 192 g/mol. The molecule has 1 aliphatic heterocycles. The van der Waals surface area contributed by atoms with Crippen molar-refractivity contribution >= 4 is 5.84 Å². The molecule has 2 rings (SSSR count). The molecule has 1 unspecified atom stereocenters. The van der Waals surface area contributed by atoms with Crippen molar-refractivity contribution in [1.29, 1.82) is 5.41 Å². The molecule has 0 saturated carbocycles. The summed E-state index contributed by atoms with van der Waals surface area (Å²) in [6.07, 6.45) is 0.924. The van der Waals surface area contributed by atoms with E-state index in [-0.39, 0.29) is 17.7 Å². The van der Waals surface area contributed by atoms with Crippen molar-refractivity contribution in [3.63, 3.8) is 0 Å². The fourth-order valence-corrected chi connectivity index (χ4v) is 1.66. The van der Waals surface area contributed by atoms with Crippen LogP contribution in [0.15, 0.2) is 12.1 Å². The van der Waals surface area contributed by atoms with Gasteiger partial charge in [-0.15, -0.1) is 0 Å². The van der Waals surface area contributed by atoms with Gasteiger partial charge in [-0.3, -0.25) is 5.41 Å². The second-order valence-corrected chi connectivity index (χ2v) is 3.52. The zero-order valence-electron chi connectivity index (χ0n) is 7.87. The molecule has 0 saturated heterocycles. The minimum Gasteiger partial charge on any atom is -0.507 e. The average molecular weight is 192 g/mol. The lowest BCUT2D eigenvalue weighted by Gasteiger charge is -2.06. The smallest absolute Gasteiger partial charge is 0.127 e. The summed E-state index contributed by atoms with van der Waals surface area (Å²) < 4.78 is 5.49. The van der Waals surface area contributed by atoms with Crippen LogP contribution in [0.1, 0.15) is 18.1 Å². The Kier molecular flexibility index (Phi) is 1.84. The number of nitrogens with two attached hydrogens (primary N) is 1. The van der Waals surface area contributed by atoms with Crippen LogP contribution >= 0.6 is 0 Å². The molecule has 0 radical (unpaired) electrons. The van der Waals surface area contributed by atoms with Crippen LogP contribution in [0.2, 0.25) is 0 Å². The highest BCUT2D eigenvalue weighted by atomic mass is 16.5. The van der Waals surface area contributed by atoms with Crippen LogP contribution in [0.4, 0.5) is 0 Å². The molecule has 0 aliphatic carbocycles. The first-order chi connectivity index (χ1) is 6.58. The van der Waals surface area contributed by atoms with Crippen LogP contribution < -0.4 is 10.5 Å². The van der Waals surface area contributed by atoms with Crippen molar-refractivity contribution in [3.05, 3.63) is 23.3 Å². The number of fused-ring (bicyclic) bond motifs is 1. The summed E-state index contributed by atoms with van der Waals surface area (Å²) in [5, 5.41) is 16.8. The molecular formula is C10H12N2O2. The van der Waals surface area contributed by atoms with Crippen LogP contribution in [0.25, 0.3) is 0 Å². The maximum absolute atomic E-state index is 9.55. The molecule has 0 fully saturated rings. The highest BCUT2D eigenvalue weighted by Gasteiger charge is 2.21. The van der Waals surface area contributed by atoms with Crippen LogP contribution in [0.5, 0.6) is 11.5 Å². The van der Waals surface area contributed by atoms with E-state index in [0.29, 0.717) is 5.56 Å². The molecule has 0 bridgehead atoms. The second kappa shape index (κ2) is 2.90. The first-order valence-corrected chi connectivity index (χ1v) is 4.45. The van der Waals surface area contributed by atoms with Crippen molar-refractivity contribution < 1.29 is 9.84 Å². The number of hydrogen-bond donors (Lipinski definition) is 3. The van der Waals surface area contributed by atoms with E-state index in [4.69, 9.17) is 15.9 Å². The Morgan fingerprint density at radius 3 is 3.00 bits per heavy atom. The minimum absolute atomic E-state index is 0.0500. The van der Waals surface area contributed by atoms with Gasteiger partial charge in [-0.25, -0.2) is 0 Å². The number of nitrogen functional groups attached to an aromatic ring is 1.